The van der Waals surface area contributed by atoms with E-state index in [2.05, 4.69) is 13.9 Å². The van der Waals surface area contributed by atoms with Crippen LogP contribution in [0.2, 0.25) is 0 Å². The van der Waals surface area contributed by atoms with Gasteiger partial charge in [-0.2, -0.15) is 0 Å². The van der Waals surface area contributed by atoms with Crippen LogP contribution >= 0.6 is 0 Å². The van der Waals surface area contributed by atoms with E-state index in [1.807, 2.05) is 0 Å². The van der Waals surface area contributed by atoms with E-state index in [-0.39, 0.29) is 5.75 Å². The van der Waals surface area contributed by atoms with E-state index >= 15 is 0 Å². The van der Waals surface area contributed by atoms with Gasteiger partial charge in [-0.05, 0) is 0 Å². The fraction of sp³-hybridized carbons (Fsp3) is 0.222. The number of esters is 3. The third-order valence-electron chi connectivity index (χ3n) is 2.00. The molecule has 0 saturated heterocycles. The van der Waals surface area contributed by atoms with Crippen LogP contribution in [0.1, 0.15) is 10.6 Å². The first-order valence-corrected chi connectivity index (χ1v) is 4.42. The van der Waals surface area contributed by atoms with Crippen molar-refractivity contribution in [1.29, 1.82) is 0 Å². The van der Waals surface area contributed by atoms with Gasteiger partial charge in [0, 0.05) is 6.07 Å². The molecule has 2 N–H and O–H groups in total. The molecule has 2 unspecified atom stereocenters. The molecule has 8 nitrogen and oxygen atoms in total. The monoisotopic (exact) mass is 242 g/mol. The summed E-state index contributed by atoms with van der Waals surface area (Å²) in [5, 5.41) is 18.4. The minimum absolute atomic E-state index is 0.305. The fourth-order valence-electron chi connectivity index (χ4n) is 1.15. The largest absolute Gasteiger partial charge is 0.454 e. The molecule has 0 spiro atoms. The molecule has 0 fully saturated rings. The van der Waals surface area contributed by atoms with Crippen LogP contribution in [0.4, 0.5) is 0 Å². The van der Waals surface area contributed by atoms with Crippen molar-refractivity contribution in [2.45, 2.75) is 12.2 Å². The average Bonchev–Trinajstić information content (AvgIpc) is 2.74. The van der Waals surface area contributed by atoms with Gasteiger partial charge in [-0.15, -0.1) is 0 Å². The lowest BCUT2D eigenvalue weighted by Crippen LogP contribution is -2.42. The second-order valence-electron chi connectivity index (χ2n) is 3.13. The molecule has 0 bridgehead atoms. The number of furan rings is 1. The molecule has 2 heterocycles. The molecule has 8 heteroatoms. The molecular formula is C9H6O8. The highest BCUT2D eigenvalue weighted by Crippen LogP contribution is 2.23. The van der Waals surface area contributed by atoms with E-state index in [0.717, 1.165) is 12.3 Å². The summed E-state index contributed by atoms with van der Waals surface area (Å²) < 4.78 is 13.4. The number of carbonyl (C=O) groups excluding carboxylic acids is 3. The summed E-state index contributed by atoms with van der Waals surface area (Å²) >= 11 is 0. The van der Waals surface area contributed by atoms with Crippen molar-refractivity contribution < 1.29 is 38.5 Å². The van der Waals surface area contributed by atoms with Crippen LogP contribution in [0.3, 0.4) is 0 Å². The highest BCUT2D eigenvalue weighted by atomic mass is 16.6. The van der Waals surface area contributed by atoms with Gasteiger partial charge in [-0.3, -0.25) is 0 Å². The normalized spacial score (nSPS) is 25.2. The second kappa shape index (κ2) is 4.00. The molecule has 1 aromatic heterocycles. The maximum Gasteiger partial charge on any atom is 0.385 e. The van der Waals surface area contributed by atoms with Gasteiger partial charge in [0.25, 0.3) is 5.76 Å². The Hall–Kier alpha value is -2.19. The molecular weight excluding hydrogens is 236 g/mol. The van der Waals surface area contributed by atoms with Crippen molar-refractivity contribution in [2.24, 2.45) is 0 Å². The quantitative estimate of drug-likeness (QED) is 0.420. The van der Waals surface area contributed by atoms with Crippen LogP contribution in [-0.2, 0) is 14.3 Å². The Balaban J connectivity index is 2.42. The molecule has 2 rings (SSSR count). The first kappa shape index (κ1) is 11.3. The molecule has 0 amide bonds. The third kappa shape index (κ3) is 1.90. The molecule has 0 radical (unpaired) electrons. The number of hydrogen-bond donors (Lipinski definition) is 2. The van der Waals surface area contributed by atoms with Gasteiger partial charge in [0.15, 0.2) is 18.0 Å². The lowest BCUT2D eigenvalue weighted by Gasteiger charge is -2.11. The van der Waals surface area contributed by atoms with Crippen LogP contribution in [0.25, 0.3) is 0 Å². The zero-order chi connectivity index (χ0) is 12.6. The topological polar surface area (TPSA) is 123 Å². The number of cyclic esters (lactones) is 2. The van der Waals surface area contributed by atoms with Crippen molar-refractivity contribution in [3.05, 3.63) is 18.1 Å². The Morgan fingerprint density at radius 1 is 1.00 bits per heavy atom. The van der Waals surface area contributed by atoms with Crippen molar-refractivity contribution >= 4 is 17.9 Å². The number of rotatable bonds is 0. The van der Waals surface area contributed by atoms with Crippen LogP contribution < -0.4 is 4.74 Å². The van der Waals surface area contributed by atoms with Gasteiger partial charge >= 0.3 is 17.9 Å². The third-order valence-corrected chi connectivity index (χ3v) is 2.00. The van der Waals surface area contributed by atoms with Crippen LogP contribution in [-0.4, -0.2) is 40.3 Å². The Bertz CT molecular complexity index is 487. The van der Waals surface area contributed by atoms with Crippen LogP contribution in [0.15, 0.2) is 16.7 Å². The number of aliphatic hydroxyl groups excluding tert-OH is 2. The van der Waals surface area contributed by atoms with E-state index in [4.69, 9.17) is 0 Å². The van der Waals surface area contributed by atoms with E-state index in [0.29, 0.717) is 0 Å². The summed E-state index contributed by atoms with van der Waals surface area (Å²) in [4.78, 5) is 33.7. The molecule has 0 aliphatic carbocycles. The summed E-state index contributed by atoms with van der Waals surface area (Å²) in [6.45, 7) is 0. The van der Waals surface area contributed by atoms with Gasteiger partial charge in [0.2, 0.25) is 0 Å². The number of carbonyl (C=O) groups is 3. The van der Waals surface area contributed by atoms with Crippen molar-refractivity contribution in [2.75, 3.05) is 0 Å². The predicted octanol–water partition coefficient (Wildman–Crippen LogP) is -1.40. The van der Waals surface area contributed by atoms with Crippen LogP contribution in [0.5, 0.6) is 5.75 Å². The fourth-order valence-corrected chi connectivity index (χ4v) is 1.15. The molecule has 1 aliphatic rings. The first-order valence-electron chi connectivity index (χ1n) is 4.42. The Kier molecular flexibility index (Phi) is 2.66. The van der Waals surface area contributed by atoms with Crippen LogP contribution in [0, 0.1) is 0 Å². The maximum atomic E-state index is 11.3. The number of aliphatic hydroxyl groups is 2. The van der Waals surface area contributed by atoms with E-state index in [1.54, 1.807) is 0 Å². The molecule has 1 aliphatic heterocycles. The highest BCUT2D eigenvalue weighted by Gasteiger charge is 2.38. The summed E-state index contributed by atoms with van der Waals surface area (Å²) in [7, 11) is 0. The van der Waals surface area contributed by atoms with E-state index in [1.165, 1.54) is 0 Å². The minimum atomic E-state index is -2.20. The van der Waals surface area contributed by atoms with Gasteiger partial charge in [0.1, 0.15) is 0 Å². The zero-order valence-electron chi connectivity index (χ0n) is 8.15. The van der Waals surface area contributed by atoms with Crippen molar-refractivity contribution in [1.82, 2.24) is 0 Å². The van der Waals surface area contributed by atoms with Crippen molar-refractivity contribution in [3.63, 3.8) is 0 Å². The lowest BCUT2D eigenvalue weighted by molar-refractivity contribution is -0.163. The highest BCUT2D eigenvalue weighted by molar-refractivity contribution is 6.00. The Labute approximate surface area is 93.3 Å². The molecule has 17 heavy (non-hydrogen) atoms. The number of ether oxygens (including phenoxy) is 2. The van der Waals surface area contributed by atoms with E-state index in [9.17, 15) is 24.6 Å². The lowest BCUT2D eigenvalue weighted by atomic mass is 10.2. The molecule has 1 aromatic rings. The van der Waals surface area contributed by atoms with Gasteiger partial charge in [0.05, 0.1) is 6.26 Å². The Morgan fingerprint density at radius 2 is 1.59 bits per heavy atom. The van der Waals surface area contributed by atoms with Gasteiger partial charge < -0.3 is 24.1 Å². The zero-order valence-corrected chi connectivity index (χ0v) is 8.15. The van der Waals surface area contributed by atoms with Gasteiger partial charge in [-0.25, -0.2) is 14.4 Å². The number of hydrogen-bond acceptors (Lipinski definition) is 8. The number of fused-ring (bicyclic) bond motifs is 1. The smallest absolute Gasteiger partial charge is 0.385 e. The minimum Gasteiger partial charge on any atom is -0.454 e. The second-order valence-corrected chi connectivity index (χ2v) is 3.13. The summed E-state index contributed by atoms with van der Waals surface area (Å²) in [5.41, 5.74) is 0. The first-order chi connectivity index (χ1) is 8.00. The van der Waals surface area contributed by atoms with E-state index < -0.39 is 35.9 Å². The van der Waals surface area contributed by atoms with Gasteiger partial charge in [-0.1, -0.05) is 0 Å². The standard InChI is InChI=1S/C9H6O8/c10-4-5(11)8(13)17-9(14)6-3(1-2-15-6)16-7(4)12/h1-2,4-5,10-11H. The molecule has 2 atom stereocenters. The molecule has 90 valence electrons. The summed E-state index contributed by atoms with van der Waals surface area (Å²) in [5.74, 6) is -4.81. The molecule has 0 saturated carbocycles. The molecule has 0 aromatic carbocycles. The van der Waals surface area contributed by atoms with Crippen molar-refractivity contribution in [3.8, 4) is 5.75 Å². The Morgan fingerprint density at radius 3 is 2.24 bits per heavy atom. The summed E-state index contributed by atoms with van der Waals surface area (Å²) in [6.07, 6.45) is -3.31. The predicted molar refractivity (Wildman–Crippen MR) is 46.8 cm³/mol. The summed E-state index contributed by atoms with van der Waals surface area (Å²) in [6, 6.07) is 1.13. The average molecular weight is 242 g/mol. The maximum absolute atomic E-state index is 11.3. The SMILES string of the molecule is O=C1OC(=O)C(O)C(O)C(=O)Oc2ccoc21.